The van der Waals surface area contributed by atoms with Crippen LogP contribution in [0.1, 0.15) is 32.3 Å². The predicted molar refractivity (Wildman–Crippen MR) is 140 cm³/mol. The van der Waals surface area contributed by atoms with Crippen LogP contribution in [0, 0.1) is 5.82 Å². The van der Waals surface area contributed by atoms with Crippen LogP contribution in [-0.2, 0) is 4.74 Å². The summed E-state index contributed by atoms with van der Waals surface area (Å²) in [4.78, 5) is 34.7. The van der Waals surface area contributed by atoms with Crippen molar-refractivity contribution >= 4 is 44.5 Å². The lowest BCUT2D eigenvalue weighted by Gasteiger charge is -2.40. The number of amides is 1. The van der Waals surface area contributed by atoms with Crippen LogP contribution in [0.5, 0.6) is 0 Å². The number of anilines is 1. The van der Waals surface area contributed by atoms with E-state index in [2.05, 4.69) is 20.2 Å². The van der Waals surface area contributed by atoms with Crippen LogP contribution < -0.4 is 11.3 Å². The molecule has 3 aromatic heterocycles. The summed E-state index contributed by atoms with van der Waals surface area (Å²) in [5.41, 5.74) is 8.79. The number of likely N-dealkylation sites (tertiary alicyclic amines) is 1. The number of nitrogens with two attached hydrogens (primary N) is 1. The number of nitrogens with one attached hydrogen (secondary N) is 2. The summed E-state index contributed by atoms with van der Waals surface area (Å²) in [7, 11) is 0. The minimum Gasteiger partial charge on any atom is -0.444 e. The summed E-state index contributed by atoms with van der Waals surface area (Å²) in [6.07, 6.45) is 2.83. The van der Waals surface area contributed by atoms with Gasteiger partial charge >= 0.3 is 6.09 Å². The van der Waals surface area contributed by atoms with Crippen molar-refractivity contribution in [1.29, 1.82) is 0 Å². The van der Waals surface area contributed by atoms with Crippen molar-refractivity contribution in [2.45, 2.75) is 32.3 Å². The van der Waals surface area contributed by atoms with Crippen LogP contribution in [0.2, 0.25) is 0 Å². The Morgan fingerprint density at radius 1 is 1.16 bits per heavy atom. The first-order valence-corrected chi connectivity index (χ1v) is 12.0. The molecule has 0 unspecified atom stereocenters. The number of halogens is 1. The summed E-state index contributed by atoms with van der Waals surface area (Å²) in [5.74, 6) is -0.416. The van der Waals surface area contributed by atoms with Gasteiger partial charge in [0, 0.05) is 46.9 Å². The molecule has 0 spiro atoms. The molecule has 188 valence electrons. The minimum absolute atomic E-state index is 0.0202. The molecular weight excluding hydrogens is 475 g/mol. The van der Waals surface area contributed by atoms with Gasteiger partial charge < -0.3 is 20.4 Å². The summed E-state index contributed by atoms with van der Waals surface area (Å²) in [6, 6.07) is 8.72. The zero-order valence-electron chi connectivity index (χ0n) is 20.6. The van der Waals surface area contributed by atoms with Crippen molar-refractivity contribution in [3.63, 3.8) is 0 Å². The van der Waals surface area contributed by atoms with E-state index in [4.69, 9.17) is 10.5 Å². The molecule has 6 rings (SSSR count). The zero-order chi connectivity index (χ0) is 26.1. The van der Waals surface area contributed by atoms with E-state index < -0.39 is 17.0 Å². The van der Waals surface area contributed by atoms with E-state index in [-0.39, 0.29) is 23.2 Å². The maximum absolute atomic E-state index is 14.4. The molecule has 4 heterocycles. The molecule has 10 heteroatoms. The second-order valence-corrected chi connectivity index (χ2v) is 10.4. The third-order valence-electron chi connectivity index (χ3n) is 6.75. The maximum atomic E-state index is 14.4. The second-order valence-electron chi connectivity index (χ2n) is 10.4. The van der Waals surface area contributed by atoms with E-state index in [0.29, 0.717) is 46.0 Å². The first kappa shape index (κ1) is 23.0. The monoisotopic (exact) mass is 500 g/mol. The van der Waals surface area contributed by atoms with Gasteiger partial charge in [-0.05, 0) is 50.1 Å². The molecular formula is C27H25FN6O3. The first-order valence-electron chi connectivity index (χ1n) is 12.0. The Labute approximate surface area is 210 Å². The number of pyridine rings is 2. The number of benzene rings is 2. The molecule has 37 heavy (non-hydrogen) atoms. The van der Waals surface area contributed by atoms with Crippen LogP contribution in [0.4, 0.5) is 14.9 Å². The fraction of sp³-hybridized carbons (Fsp3) is 0.259. The molecule has 0 aliphatic carbocycles. The van der Waals surface area contributed by atoms with Gasteiger partial charge in [0.1, 0.15) is 22.6 Å². The third-order valence-corrected chi connectivity index (χ3v) is 6.75. The molecule has 0 saturated carbocycles. The van der Waals surface area contributed by atoms with Crippen LogP contribution in [0.15, 0.2) is 47.5 Å². The third kappa shape index (κ3) is 3.67. The number of aromatic amines is 2. The Balaban J connectivity index is 1.55. The fourth-order valence-electron chi connectivity index (χ4n) is 5.03. The lowest BCUT2D eigenvalue weighted by atomic mass is 9.86. The highest BCUT2D eigenvalue weighted by Crippen LogP contribution is 2.41. The molecule has 5 aromatic rings. The summed E-state index contributed by atoms with van der Waals surface area (Å²) >= 11 is 0. The molecule has 1 aliphatic heterocycles. The van der Waals surface area contributed by atoms with Gasteiger partial charge in [0.2, 0.25) is 0 Å². The van der Waals surface area contributed by atoms with Gasteiger partial charge in [-0.25, -0.2) is 9.18 Å². The lowest BCUT2D eigenvalue weighted by molar-refractivity contribution is 0.00831. The Bertz CT molecular complexity index is 1780. The number of ether oxygens (including phenoxy) is 1. The van der Waals surface area contributed by atoms with Crippen molar-refractivity contribution < 1.29 is 13.9 Å². The number of fused-ring (bicyclic) bond motifs is 4. The van der Waals surface area contributed by atoms with Gasteiger partial charge in [-0.1, -0.05) is 12.1 Å². The van der Waals surface area contributed by atoms with Gasteiger partial charge in [0.25, 0.3) is 5.56 Å². The van der Waals surface area contributed by atoms with E-state index in [1.807, 2.05) is 39.0 Å². The van der Waals surface area contributed by atoms with Gasteiger partial charge in [-0.15, -0.1) is 0 Å². The number of aromatic nitrogens is 4. The van der Waals surface area contributed by atoms with Crippen LogP contribution >= 0.6 is 0 Å². The van der Waals surface area contributed by atoms with Gasteiger partial charge in [-0.2, -0.15) is 5.10 Å². The smallest absolute Gasteiger partial charge is 0.410 e. The standard InChI is InChI=1S/C27H25FN6O3/c1-27(2,3)37-26(36)34-11-13(12-34)16-9-17-20(14-6-7-19(28)22-18(14)10-31-33-22)21(29)25(35)32-24(17)23-15(16)5-4-8-30-23/h4-10,13H,11-12,29H2,1-3H3,(H,31,33)(H,32,35). The van der Waals surface area contributed by atoms with E-state index in [1.165, 1.54) is 12.3 Å². The summed E-state index contributed by atoms with van der Waals surface area (Å²) in [5, 5.41) is 8.75. The van der Waals surface area contributed by atoms with Crippen LogP contribution in [0.3, 0.4) is 0 Å². The topological polar surface area (TPSA) is 130 Å². The van der Waals surface area contributed by atoms with E-state index >= 15 is 0 Å². The molecule has 1 saturated heterocycles. The Morgan fingerprint density at radius 3 is 2.70 bits per heavy atom. The predicted octanol–water partition coefficient (Wildman–Crippen LogP) is 4.68. The lowest BCUT2D eigenvalue weighted by Crippen LogP contribution is -2.50. The normalized spacial score (nSPS) is 14.4. The molecule has 2 aromatic carbocycles. The maximum Gasteiger partial charge on any atom is 0.410 e. The Hall–Kier alpha value is -4.47. The molecule has 1 amide bonds. The Kier molecular flexibility index (Phi) is 4.98. The number of H-pyrrole nitrogens is 2. The molecule has 0 bridgehead atoms. The van der Waals surface area contributed by atoms with Crippen molar-refractivity contribution in [3.8, 4) is 11.1 Å². The van der Waals surface area contributed by atoms with E-state index in [9.17, 15) is 14.0 Å². The highest BCUT2D eigenvalue weighted by molar-refractivity contribution is 6.14. The summed E-state index contributed by atoms with van der Waals surface area (Å²) in [6.45, 7) is 6.49. The van der Waals surface area contributed by atoms with Crippen molar-refractivity contribution in [3.05, 3.63) is 64.5 Å². The van der Waals surface area contributed by atoms with Crippen LogP contribution in [0.25, 0.3) is 43.8 Å². The minimum atomic E-state index is -0.576. The van der Waals surface area contributed by atoms with Crippen molar-refractivity contribution in [2.24, 2.45) is 0 Å². The second kappa shape index (κ2) is 8.02. The molecule has 1 aliphatic rings. The zero-order valence-corrected chi connectivity index (χ0v) is 20.6. The Morgan fingerprint density at radius 2 is 1.95 bits per heavy atom. The number of hydrogen-bond acceptors (Lipinski definition) is 6. The quantitative estimate of drug-likeness (QED) is 0.302. The number of carbonyl (C=O) groups is 1. The highest BCUT2D eigenvalue weighted by Gasteiger charge is 2.36. The fourth-order valence-corrected chi connectivity index (χ4v) is 5.03. The van der Waals surface area contributed by atoms with E-state index in [1.54, 1.807) is 17.2 Å². The van der Waals surface area contributed by atoms with Gasteiger partial charge in [0.15, 0.2) is 0 Å². The molecule has 1 fully saturated rings. The van der Waals surface area contributed by atoms with E-state index in [0.717, 1.165) is 10.9 Å². The number of hydrogen-bond donors (Lipinski definition) is 3. The first-order chi connectivity index (χ1) is 17.6. The molecule has 0 radical (unpaired) electrons. The average molecular weight is 501 g/mol. The number of nitrogen functional groups attached to an aromatic ring is 1. The molecule has 9 nitrogen and oxygen atoms in total. The van der Waals surface area contributed by atoms with Gasteiger partial charge in [-0.3, -0.25) is 14.9 Å². The number of nitrogens with zero attached hydrogens (tertiary/aromatic N) is 3. The van der Waals surface area contributed by atoms with Crippen molar-refractivity contribution in [1.82, 2.24) is 25.1 Å². The largest absolute Gasteiger partial charge is 0.444 e. The van der Waals surface area contributed by atoms with Crippen LogP contribution in [-0.4, -0.2) is 49.8 Å². The summed E-state index contributed by atoms with van der Waals surface area (Å²) < 4.78 is 19.9. The highest BCUT2D eigenvalue weighted by atomic mass is 19.1. The molecule has 0 atom stereocenters. The van der Waals surface area contributed by atoms with Gasteiger partial charge in [0.05, 0.1) is 17.2 Å². The average Bonchev–Trinajstić information content (AvgIpc) is 3.30. The van der Waals surface area contributed by atoms with Crippen molar-refractivity contribution in [2.75, 3.05) is 18.8 Å². The number of carbonyl (C=O) groups excluding carboxylic acids is 1. The number of rotatable bonds is 2. The molecule has 4 N–H and O–H groups in total. The SMILES string of the molecule is CC(C)(C)OC(=O)N1CC(c2cc3c(-c4ccc(F)c5[nH]ncc45)c(N)c(=O)[nH]c3c3ncccc23)C1.